The number of ether oxygens (including phenoxy) is 2. The van der Waals surface area contributed by atoms with Gasteiger partial charge in [-0.05, 0) is 50.7 Å². The van der Waals surface area contributed by atoms with Crippen LogP contribution in [-0.4, -0.2) is 91.7 Å². The van der Waals surface area contributed by atoms with Crippen LogP contribution in [0.4, 0.5) is 0 Å². The molecule has 4 heterocycles. The van der Waals surface area contributed by atoms with Crippen molar-refractivity contribution in [2.45, 2.75) is 62.9 Å². The summed E-state index contributed by atoms with van der Waals surface area (Å²) in [6, 6.07) is 6.57. The first-order valence-corrected chi connectivity index (χ1v) is 14.0. The fourth-order valence-electron chi connectivity index (χ4n) is 6.56. The number of likely N-dealkylation sites (tertiary alicyclic amines) is 1. The number of rotatable bonds is 14. The van der Waals surface area contributed by atoms with E-state index in [4.69, 9.17) is 9.47 Å². The van der Waals surface area contributed by atoms with Crippen molar-refractivity contribution in [3.63, 3.8) is 0 Å². The molecule has 1 aromatic carbocycles. The lowest BCUT2D eigenvalue weighted by Gasteiger charge is -2.36. The second kappa shape index (κ2) is 11.9. The number of hydrogen-bond acceptors (Lipinski definition) is 8. The number of aliphatic hydroxyl groups is 1. The van der Waals surface area contributed by atoms with E-state index in [1.54, 1.807) is 26.6 Å². The molecule has 2 unspecified atom stereocenters. The van der Waals surface area contributed by atoms with Gasteiger partial charge in [0, 0.05) is 19.7 Å². The van der Waals surface area contributed by atoms with E-state index in [2.05, 4.69) is 23.5 Å². The molecule has 1 aromatic heterocycles. The SMILES string of the molecule is C=CCCCOC(=O)[C@@H]1[C@@H]2CCC3(O2)C(C(=O)N(CC=C)Cn2nnc4ccccc42)N(CCCCO)C(=O)[C@H]13. The van der Waals surface area contributed by atoms with Crippen LogP contribution in [0.1, 0.15) is 38.5 Å². The number of nitrogens with zero attached hydrogens (tertiary/aromatic N) is 5. The number of para-hydroxylation sites is 1. The Hall–Kier alpha value is -3.57. The first kappa shape index (κ1) is 28.0. The highest BCUT2D eigenvalue weighted by molar-refractivity contribution is 5.98. The van der Waals surface area contributed by atoms with E-state index in [1.165, 1.54) is 0 Å². The molecule has 2 aromatic rings. The Balaban J connectivity index is 1.45. The Bertz CT molecular complexity index is 1280. The number of amides is 2. The molecule has 11 nitrogen and oxygen atoms in total. The molecule has 3 fully saturated rings. The lowest BCUT2D eigenvalue weighted by atomic mass is 9.70. The Labute approximate surface area is 233 Å². The zero-order chi connectivity index (χ0) is 28.3. The molecule has 5 atom stereocenters. The number of hydrogen-bond donors (Lipinski definition) is 1. The van der Waals surface area contributed by atoms with Crippen molar-refractivity contribution in [3.8, 4) is 0 Å². The molecule has 1 spiro atoms. The number of carbonyl (C=O) groups excluding carboxylic acids is 3. The predicted molar refractivity (Wildman–Crippen MR) is 145 cm³/mol. The maximum absolute atomic E-state index is 14.4. The summed E-state index contributed by atoms with van der Waals surface area (Å²) in [5.41, 5.74) is 0.369. The van der Waals surface area contributed by atoms with Crippen LogP contribution in [0.5, 0.6) is 0 Å². The molecule has 5 rings (SSSR count). The second-order valence-corrected chi connectivity index (χ2v) is 10.7. The van der Waals surface area contributed by atoms with Gasteiger partial charge in [-0.15, -0.1) is 18.3 Å². The number of benzene rings is 1. The summed E-state index contributed by atoms with van der Waals surface area (Å²) < 4.78 is 13.7. The van der Waals surface area contributed by atoms with Gasteiger partial charge < -0.3 is 24.4 Å². The zero-order valence-corrected chi connectivity index (χ0v) is 22.7. The van der Waals surface area contributed by atoms with Gasteiger partial charge >= 0.3 is 5.97 Å². The van der Waals surface area contributed by atoms with Crippen LogP contribution in [-0.2, 0) is 30.5 Å². The van der Waals surface area contributed by atoms with Gasteiger partial charge in [0.1, 0.15) is 23.8 Å². The quantitative estimate of drug-likeness (QED) is 0.215. The van der Waals surface area contributed by atoms with Gasteiger partial charge in [0.15, 0.2) is 0 Å². The Morgan fingerprint density at radius 2 is 2.05 bits per heavy atom. The van der Waals surface area contributed by atoms with Crippen LogP contribution in [0.25, 0.3) is 11.0 Å². The third-order valence-corrected chi connectivity index (χ3v) is 8.30. The number of aromatic nitrogens is 3. The highest BCUT2D eigenvalue weighted by Crippen LogP contribution is 2.58. The van der Waals surface area contributed by atoms with Crippen LogP contribution in [0.15, 0.2) is 49.6 Å². The van der Waals surface area contributed by atoms with Crippen LogP contribution >= 0.6 is 0 Å². The van der Waals surface area contributed by atoms with Gasteiger partial charge in [0.25, 0.3) is 0 Å². The van der Waals surface area contributed by atoms with Crippen molar-refractivity contribution in [2.75, 3.05) is 26.3 Å². The molecule has 0 radical (unpaired) electrons. The number of esters is 1. The fraction of sp³-hybridized carbons (Fsp3) is 0.552. The van der Waals surface area contributed by atoms with Crippen LogP contribution < -0.4 is 0 Å². The monoisotopic (exact) mass is 551 g/mol. The first-order valence-electron chi connectivity index (χ1n) is 14.0. The van der Waals surface area contributed by atoms with Crippen molar-refractivity contribution in [1.82, 2.24) is 24.8 Å². The molecule has 0 aliphatic carbocycles. The Morgan fingerprint density at radius 1 is 1.23 bits per heavy atom. The van der Waals surface area contributed by atoms with E-state index in [9.17, 15) is 19.5 Å². The summed E-state index contributed by atoms with van der Waals surface area (Å²) in [5.74, 6) is -2.56. The molecular weight excluding hydrogens is 514 g/mol. The number of unbranched alkanes of at least 4 members (excludes halogenated alkanes) is 2. The van der Waals surface area contributed by atoms with Crippen molar-refractivity contribution >= 4 is 28.8 Å². The zero-order valence-electron chi connectivity index (χ0n) is 22.7. The standard InChI is InChI=1S/C29H37N5O6/c1-3-5-10-18-39-28(38)23-22-13-14-29(40-22)24(23)26(36)33(16-8-9-17-35)25(29)27(37)32(15-4-2)19-34-21-12-7-6-11-20(21)30-31-34/h3-4,6-7,11-12,22-25,35H,1-2,5,8-10,13-19H2/t22-,23+,24-,25?,29?/m0/s1. The van der Waals surface area contributed by atoms with E-state index in [0.717, 1.165) is 11.9 Å². The second-order valence-electron chi connectivity index (χ2n) is 10.7. The fourth-order valence-corrected chi connectivity index (χ4v) is 6.56. The van der Waals surface area contributed by atoms with E-state index in [-0.39, 0.29) is 44.8 Å². The first-order chi connectivity index (χ1) is 19.5. The third-order valence-electron chi connectivity index (χ3n) is 8.30. The summed E-state index contributed by atoms with van der Waals surface area (Å²) in [4.78, 5) is 44.8. The predicted octanol–water partition coefficient (Wildman–Crippen LogP) is 2.06. The van der Waals surface area contributed by atoms with Crippen LogP contribution in [0, 0.1) is 11.8 Å². The van der Waals surface area contributed by atoms with E-state index in [0.29, 0.717) is 37.6 Å². The van der Waals surface area contributed by atoms with Crippen LogP contribution in [0.3, 0.4) is 0 Å². The topological polar surface area (TPSA) is 127 Å². The lowest BCUT2D eigenvalue weighted by molar-refractivity contribution is -0.155. The third kappa shape index (κ3) is 4.81. The summed E-state index contributed by atoms with van der Waals surface area (Å²) in [6.45, 7) is 8.36. The number of carbonyl (C=O) groups is 3. The van der Waals surface area contributed by atoms with Gasteiger partial charge in [-0.3, -0.25) is 14.4 Å². The number of aliphatic hydroxyl groups excluding tert-OH is 1. The molecule has 11 heteroatoms. The molecular formula is C29H37N5O6. The highest BCUT2D eigenvalue weighted by Gasteiger charge is 2.75. The summed E-state index contributed by atoms with van der Waals surface area (Å²) in [5, 5.41) is 17.8. The maximum atomic E-state index is 14.4. The van der Waals surface area contributed by atoms with E-state index < -0.39 is 35.6 Å². The van der Waals surface area contributed by atoms with Crippen molar-refractivity contribution in [2.24, 2.45) is 11.8 Å². The molecule has 1 N–H and O–H groups in total. The largest absolute Gasteiger partial charge is 0.465 e. The van der Waals surface area contributed by atoms with Gasteiger partial charge in [0.2, 0.25) is 11.8 Å². The molecule has 3 saturated heterocycles. The van der Waals surface area contributed by atoms with E-state index >= 15 is 0 Å². The molecule has 214 valence electrons. The minimum Gasteiger partial charge on any atom is -0.465 e. The van der Waals surface area contributed by atoms with Gasteiger partial charge in [-0.1, -0.05) is 29.5 Å². The molecule has 2 amide bonds. The minimum atomic E-state index is -1.12. The summed E-state index contributed by atoms with van der Waals surface area (Å²) >= 11 is 0. The van der Waals surface area contributed by atoms with Crippen molar-refractivity contribution in [3.05, 3.63) is 49.6 Å². The minimum absolute atomic E-state index is 0.0184. The number of fused-ring (bicyclic) bond motifs is 2. The number of allylic oxidation sites excluding steroid dienone is 1. The molecule has 3 aliphatic rings. The molecule has 2 bridgehead atoms. The highest BCUT2D eigenvalue weighted by atomic mass is 16.6. The van der Waals surface area contributed by atoms with Crippen molar-refractivity contribution in [1.29, 1.82) is 0 Å². The van der Waals surface area contributed by atoms with Gasteiger partial charge in [-0.25, -0.2) is 4.68 Å². The normalized spacial score (nSPS) is 26.7. The molecule has 0 saturated carbocycles. The Morgan fingerprint density at radius 3 is 2.83 bits per heavy atom. The smallest absolute Gasteiger partial charge is 0.312 e. The van der Waals surface area contributed by atoms with Gasteiger partial charge in [-0.2, -0.15) is 0 Å². The molecule has 40 heavy (non-hydrogen) atoms. The average molecular weight is 552 g/mol. The Kier molecular flexibility index (Phi) is 8.32. The summed E-state index contributed by atoms with van der Waals surface area (Å²) in [6.07, 6.45) is 6.37. The average Bonchev–Trinajstić information content (AvgIpc) is 3.70. The van der Waals surface area contributed by atoms with Gasteiger partial charge in [0.05, 0.1) is 30.1 Å². The summed E-state index contributed by atoms with van der Waals surface area (Å²) in [7, 11) is 0. The van der Waals surface area contributed by atoms with Crippen LogP contribution in [0.2, 0.25) is 0 Å². The van der Waals surface area contributed by atoms with E-state index in [1.807, 2.05) is 24.3 Å². The van der Waals surface area contributed by atoms with Crippen molar-refractivity contribution < 1.29 is 29.0 Å². The maximum Gasteiger partial charge on any atom is 0.312 e. The lowest BCUT2D eigenvalue weighted by Crippen LogP contribution is -2.56. The molecule has 3 aliphatic heterocycles.